The molecule has 4 rings (SSSR count). The van der Waals surface area contributed by atoms with Crippen molar-refractivity contribution in [2.24, 2.45) is 5.92 Å². The van der Waals surface area contributed by atoms with Gasteiger partial charge in [-0.1, -0.05) is 0 Å². The molecule has 1 aliphatic heterocycles. The van der Waals surface area contributed by atoms with E-state index in [4.69, 9.17) is 9.47 Å². The zero-order chi connectivity index (χ0) is 20.4. The van der Waals surface area contributed by atoms with Gasteiger partial charge < -0.3 is 20.1 Å². The summed E-state index contributed by atoms with van der Waals surface area (Å²) < 4.78 is 10.5. The zero-order valence-corrected chi connectivity index (χ0v) is 17.3. The first kappa shape index (κ1) is 19.7. The van der Waals surface area contributed by atoms with Gasteiger partial charge in [0.2, 0.25) is 11.8 Å². The number of fused-ring (bicyclic) bond motifs is 1. The highest BCUT2D eigenvalue weighted by Gasteiger charge is 2.31. The standard InChI is InChI=1S/C20H24N4O4S/c1-27-13-5-6-16(28-2)15(9-13)21-18(25)11-24-8-7-14-17(10-24)29-20(22-14)23-19(26)12-3-4-12/h5-6,9,12H,3-4,7-8,10-11H2,1-2H3,(H,21,25)(H,22,23,26). The van der Waals surface area contributed by atoms with Gasteiger partial charge in [-0.3, -0.25) is 14.5 Å². The predicted octanol–water partition coefficient (Wildman–Crippen LogP) is 2.51. The number of carbonyl (C=O) groups excluding carboxylic acids is 2. The molecule has 29 heavy (non-hydrogen) atoms. The lowest BCUT2D eigenvalue weighted by Crippen LogP contribution is -2.36. The van der Waals surface area contributed by atoms with E-state index in [0.29, 0.717) is 28.9 Å². The van der Waals surface area contributed by atoms with E-state index in [9.17, 15) is 9.59 Å². The average Bonchev–Trinajstić information content (AvgIpc) is 3.49. The molecule has 1 aromatic heterocycles. The maximum absolute atomic E-state index is 12.6. The summed E-state index contributed by atoms with van der Waals surface area (Å²) in [6.45, 7) is 1.66. The predicted molar refractivity (Wildman–Crippen MR) is 111 cm³/mol. The van der Waals surface area contributed by atoms with Crippen LogP contribution in [0.25, 0.3) is 0 Å². The Morgan fingerprint density at radius 3 is 2.79 bits per heavy atom. The molecule has 0 spiro atoms. The van der Waals surface area contributed by atoms with E-state index < -0.39 is 0 Å². The molecule has 1 aromatic carbocycles. The van der Waals surface area contributed by atoms with E-state index in [2.05, 4.69) is 20.5 Å². The number of ether oxygens (including phenoxy) is 2. The van der Waals surface area contributed by atoms with Gasteiger partial charge in [0.15, 0.2) is 5.13 Å². The minimum absolute atomic E-state index is 0.0690. The fourth-order valence-electron chi connectivity index (χ4n) is 3.29. The van der Waals surface area contributed by atoms with Gasteiger partial charge in [-0.2, -0.15) is 0 Å². The fourth-order valence-corrected chi connectivity index (χ4v) is 4.35. The maximum atomic E-state index is 12.6. The van der Waals surface area contributed by atoms with E-state index in [0.717, 1.165) is 36.4 Å². The number of thiazole rings is 1. The number of rotatable bonds is 7. The summed E-state index contributed by atoms with van der Waals surface area (Å²) in [5.41, 5.74) is 1.60. The molecule has 0 bridgehead atoms. The molecule has 2 aromatic rings. The summed E-state index contributed by atoms with van der Waals surface area (Å²) in [6.07, 6.45) is 2.71. The number of anilines is 2. The third kappa shape index (κ3) is 4.68. The van der Waals surface area contributed by atoms with Crippen molar-refractivity contribution in [2.75, 3.05) is 37.9 Å². The molecule has 2 amide bonds. The number of carbonyl (C=O) groups is 2. The van der Waals surface area contributed by atoms with Crippen molar-refractivity contribution in [1.29, 1.82) is 0 Å². The molecule has 0 unspecified atom stereocenters. The van der Waals surface area contributed by atoms with Crippen molar-refractivity contribution in [3.63, 3.8) is 0 Å². The Morgan fingerprint density at radius 1 is 1.24 bits per heavy atom. The van der Waals surface area contributed by atoms with Gasteiger partial charge >= 0.3 is 0 Å². The van der Waals surface area contributed by atoms with Crippen LogP contribution in [0.2, 0.25) is 0 Å². The van der Waals surface area contributed by atoms with Crippen molar-refractivity contribution >= 4 is 34.0 Å². The third-order valence-corrected chi connectivity index (χ3v) is 6.03. The van der Waals surface area contributed by atoms with Crippen LogP contribution in [0.3, 0.4) is 0 Å². The topological polar surface area (TPSA) is 92.8 Å². The first-order chi connectivity index (χ1) is 14.1. The van der Waals surface area contributed by atoms with Gasteiger partial charge in [0, 0.05) is 36.4 Å². The quantitative estimate of drug-likeness (QED) is 0.721. The van der Waals surface area contributed by atoms with Crippen molar-refractivity contribution in [2.45, 2.75) is 25.8 Å². The molecule has 0 atom stereocenters. The largest absolute Gasteiger partial charge is 0.497 e. The highest BCUT2D eigenvalue weighted by Crippen LogP contribution is 2.33. The summed E-state index contributed by atoms with van der Waals surface area (Å²) in [7, 11) is 3.14. The molecular formula is C20H24N4O4S. The fraction of sp³-hybridized carbons (Fsp3) is 0.450. The normalized spacial score (nSPS) is 16.1. The lowest BCUT2D eigenvalue weighted by Gasteiger charge is -2.25. The number of nitrogens with zero attached hydrogens (tertiary/aromatic N) is 2. The highest BCUT2D eigenvalue weighted by molar-refractivity contribution is 7.15. The molecule has 154 valence electrons. The first-order valence-electron chi connectivity index (χ1n) is 9.59. The van der Waals surface area contributed by atoms with Crippen molar-refractivity contribution in [3.8, 4) is 11.5 Å². The van der Waals surface area contributed by atoms with Gasteiger partial charge in [-0.15, -0.1) is 11.3 Å². The van der Waals surface area contributed by atoms with E-state index in [-0.39, 0.29) is 24.3 Å². The van der Waals surface area contributed by atoms with E-state index in [1.165, 1.54) is 11.3 Å². The second kappa shape index (κ2) is 8.38. The zero-order valence-electron chi connectivity index (χ0n) is 16.5. The third-order valence-electron chi connectivity index (χ3n) is 5.04. The Bertz CT molecular complexity index is 925. The number of methoxy groups -OCH3 is 2. The summed E-state index contributed by atoms with van der Waals surface area (Å²) in [5.74, 6) is 1.34. The second-order valence-electron chi connectivity index (χ2n) is 7.23. The molecule has 2 aliphatic rings. The van der Waals surface area contributed by atoms with Crippen LogP contribution in [-0.2, 0) is 22.6 Å². The monoisotopic (exact) mass is 416 g/mol. The molecule has 1 fully saturated rings. The van der Waals surface area contributed by atoms with Crippen molar-refractivity contribution < 1.29 is 19.1 Å². The Kier molecular flexibility index (Phi) is 5.68. The van der Waals surface area contributed by atoms with Gasteiger partial charge in [0.05, 0.1) is 32.1 Å². The number of hydrogen-bond acceptors (Lipinski definition) is 7. The highest BCUT2D eigenvalue weighted by atomic mass is 32.1. The molecule has 0 radical (unpaired) electrons. The smallest absolute Gasteiger partial charge is 0.238 e. The molecule has 9 heteroatoms. The average molecular weight is 417 g/mol. The van der Waals surface area contributed by atoms with Crippen LogP contribution in [0.1, 0.15) is 23.4 Å². The summed E-state index contributed by atoms with van der Waals surface area (Å²) in [6, 6.07) is 5.28. The lowest BCUT2D eigenvalue weighted by molar-refractivity contribution is -0.118. The van der Waals surface area contributed by atoms with Crippen LogP contribution >= 0.6 is 11.3 Å². The van der Waals surface area contributed by atoms with Crippen molar-refractivity contribution in [3.05, 3.63) is 28.8 Å². The second-order valence-corrected chi connectivity index (χ2v) is 8.31. The number of benzene rings is 1. The summed E-state index contributed by atoms with van der Waals surface area (Å²) in [5, 5.41) is 6.49. The minimum atomic E-state index is -0.119. The van der Waals surface area contributed by atoms with Gasteiger partial charge in [0.25, 0.3) is 0 Å². The van der Waals surface area contributed by atoms with E-state index in [1.54, 1.807) is 32.4 Å². The van der Waals surface area contributed by atoms with Crippen LogP contribution in [0.4, 0.5) is 10.8 Å². The van der Waals surface area contributed by atoms with Crippen LogP contribution in [0, 0.1) is 5.92 Å². The van der Waals surface area contributed by atoms with Crippen LogP contribution in [0.15, 0.2) is 18.2 Å². The Hall–Kier alpha value is -2.65. The van der Waals surface area contributed by atoms with Gasteiger partial charge in [-0.05, 0) is 25.0 Å². The van der Waals surface area contributed by atoms with E-state index >= 15 is 0 Å². The van der Waals surface area contributed by atoms with Gasteiger partial charge in [-0.25, -0.2) is 4.98 Å². The molecule has 0 saturated heterocycles. The van der Waals surface area contributed by atoms with Crippen molar-refractivity contribution in [1.82, 2.24) is 9.88 Å². The molecule has 2 heterocycles. The minimum Gasteiger partial charge on any atom is -0.497 e. The molecule has 2 N–H and O–H groups in total. The summed E-state index contributed by atoms with van der Waals surface area (Å²) in [4.78, 5) is 32.3. The van der Waals surface area contributed by atoms with Crippen LogP contribution < -0.4 is 20.1 Å². The first-order valence-corrected chi connectivity index (χ1v) is 10.4. The molecule has 1 saturated carbocycles. The Morgan fingerprint density at radius 2 is 2.07 bits per heavy atom. The molecule has 8 nitrogen and oxygen atoms in total. The van der Waals surface area contributed by atoms with Crippen LogP contribution in [-0.4, -0.2) is 49.0 Å². The molecular weight excluding hydrogens is 392 g/mol. The number of hydrogen-bond donors (Lipinski definition) is 2. The number of nitrogens with one attached hydrogen (secondary N) is 2. The van der Waals surface area contributed by atoms with E-state index in [1.807, 2.05) is 0 Å². The Labute approximate surface area is 173 Å². The summed E-state index contributed by atoms with van der Waals surface area (Å²) >= 11 is 1.50. The Balaban J connectivity index is 1.35. The van der Waals surface area contributed by atoms with Gasteiger partial charge in [0.1, 0.15) is 11.5 Å². The number of amides is 2. The SMILES string of the molecule is COc1ccc(OC)c(NC(=O)CN2CCc3nc(NC(=O)C4CC4)sc3C2)c1. The van der Waals surface area contributed by atoms with Crippen LogP contribution in [0.5, 0.6) is 11.5 Å². The lowest BCUT2D eigenvalue weighted by atomic mass is 10.2. The molecule has 1 aliphatic carbocycles. The maximum Gasteiger partial charge on any atom is 0.238 e. The number of aromatic nitrogens is 1.